The molecule has 0 unspecified atom stereocenters. The highest BCUT2D eigenvalue weighted by atomic mass is 16.5. The van der Waals surface area contributed by atoms with Crippen LogP contribution in [0.15, 0.2) is 42.7 Å². The fourth-order valence-corrected chi connectivity index (χ4v) is 5.35. The molecule has 0 amide bonds. The topological polar surface area (TPSA) is 117 Å². The van der Waals surface area contributed by atoms with E-state index < -0.39 is 0 Å². The third kappa shape index (κ3) is 5.79. The van der Waals surface area contributed by atoms with Crippen molar-refractivity contribution in [3.8, 4) is 0 Å². The van der Waals surface area contributed by atoms with E-state index in [-0.39, 0.29) is 5.54 Å². The summed E-state index contributed by atoms with van der Waals surface area (Å²) in [4.78, 5) is 24.0. The number of carbonyl (C=O) groups excluding carboxylic acids is 1. The second-order valence-corrected chi connectivity index (χ2v) is 11.3. The highest BCUT2D eigenvalue weighted by molar-refractivity contribution is 5.73. The number of rotatable bonds is 7. The molecule has 2 aliphatic heterocycles. The highest BCUT2D eigenvalue weighted by Crippen LogP contribution is 2.40. The Morgan fingerprint density at radius 1 is 1.18 bits per heavy atom. The maximum Gasteiger partial charge on any atom is 0.246 e. The van der Waals surface area contributed by atoms with Gasteiger partial charge in [-0.3, -0.25) is 5.10 Å². The Morgan fingerprint density at radius 2 is 2.02 bits per heavy atom. The van der Waals surface area contributed by atoms with Crippen molar-refractivity contribution in [2.24, 2.45) is 0 Å². The number of aldehydes is 1. The van der Waals surface area contributed by atoms with E-state index in [2.05, 4.69) is 50.2 Å². The Morgan fingerprint density at radius 3 is 2.73 bits per heavy atom. The van der Waals surface area contributed by atoms with E-state index in [0.29, 0.717) is 12.3 Å². The number of hydrogen-bond acceptors (Lipinski definition) is 9. The fourth-order valence-electron chi connectivity index (χ4n) is 5.35. The smallest absolute Gasteiger partial charge is 0.246 e. The molecule has 11 nitrogen and oxygen atoms in total. The third-order valence-corrected chi connectivity index (χ3v) is 7.85. The Bertz CT molecular complexity index is 1440. The van der Waals surface area contributed by atoms with Gasteiger partial charge in [-0.05, 0) is 63.3 Å². The molecule has 0 radical (unpaired) electrons. The monoisotopic (exact) mass is 543 g/mol. The molecule has 6 heterocycles. The highest BCUT2D eigenvalue weighted by Gasteiger charge is 2.34. The maximum absolute atomic E-state index is 10.3. The van der Waals surface area contributed by atoms with Crippen LogP contribution in [0.1, 0.15) is 56.7 Å². The molecule has 0 atom stereocenters. The van der Waals surface area contributed by atoms with Crippen LogP contribution in [0.4, 0.5) is 23.4 Å². The number of hydrogen-bond donors (Lipinski definition) is 2. The average Bonchev–Trinajstić information content (AvgIpc) is 3.33. The number of ether oxygens (including phenoxy) is 1. The molecule has 210 valence electrons. The van der Waals surface area contributed by atoms with E-state index in [0.717, 1.165) is 80.0 Å². The second kappa shape index (κ2) is 11.2. The molecule has 3 aliphatic rings. The van der Waals surface area contributed by atoms with Crippen molar-refractivity contribution in [3.05, 3.63) is 54.0 Å². The van der Waals surface area contributed by atoms with Crippen LogP contribution in [0.2, 0.25) is 0 Å². The minimum atomic E-state index is 0.0869. The number of morpholine rings is 1. The van der Waals surface area contributed by atoms with E-state index in [9.17, 15) is 4.79 Å². The van der Waals surface area contributed by atoms with Crippen LogP contribution in [-0.2, 0) is 16.0 Å². The summed E-state index contributed by atoms with van der Waals surface area (Å²) in [5.41, 5.74) is 3.21. The first-order chi connectivity index (χ1) is 19.5. The summed E-state index contributed by atoms with van der Waals surface area (Å²) in [6.07, 6.45) is 9.91. The maximum atomic E-state index is 10.3. The van der Waals surface area contributed by atoms with Crippen LogP contribution in [-0.4, -0.2) is 74.5 Å². The Labute approximate surface area is 233 Å². The summed E-state index contributed by atoms with van der Waals surface area (Å²) in [5.74, 6) is 4.00. The van der Waals surface area contributed by atoms with Crippen LogP contribution in [0.5, 0.6) is 0 Å². The number of H-pyrrole nitrogens is 1. The van der Waals surface area contributed by atoms with Crippen molar-refractivity contribution in [3.63, 3.8) is 0 Å². The second-order valence-electron chi connectivity index (χ2n) is 11.3. The van der Waals surface area contributed by atoms with Gasteiger partial charge in [-0.25, -0.2) is 9.50 Å². The van der Waals surface area contributed by atoms with Gasteiger partial charge in [0.15, 0.2) is 11.6 Å². The van der Waals surface area contributed by atoms with E-state index >= 15 is 0 Å². The number of nitrogens with zero attached hydrogens (tertiary/aromatic N) is 7. The molecule has 0 bridgehead atoms. The first kappa shape index (κ1) is 26.2. The van der Waals surface area contributed by atoms with Crippen LogP contribution in [0.25, 0.3) is 5.52 Å². The molecule has 7 rings (SSSR count). The zero-order chi connectivity index (χ0) is 27.5. The van der Waals surface area contributed by atoms with Crippen LogP contribution >= 0.6 is 0 Å². The number of aromatic amines is 1. The fraction of sp³-hybridized carbons (Fsp3) is 0.483. The van der Waals surface area contributed by atoms with Crippen LogP contribution in [0, 0.1) is 0 Å². The number of aromatic nitrogens is 6. The molecule has 4 aromatic rings. The van der Waals surface area contributed by atoms with Gasteiger partial charge < -0.3 is 24.6 Å². The van der Waals surface area contributed by atoms with Gasteiger partial charge in [0.1, 0.15) is 17.6 Å². The molecule has 11 heteroatoms. The molecule has 2 N–H and O–H groups in total. The summed E-state index contributed by atoms with van der Waals surface area (Å²) in [5, 5.41) is 15.6. The molecule has 1 saturated carbocycles. The Balaban J connectivity index is 0.000000165. The molecule has 1 aliphatic carbocycles. The van der Waals surface area contributed by atoms with Gasteiger partial charge in [0, 0.05) is 61.7 Å². The Kier molecular flexibility index (Phi) is 7.38. The van der Waals surface area contributed by atoms with Crippen LogP contribution < -0.4 is 15.1 Å². The number of fused-ring (bicyclic) bond motifs is 1. The van der Waals surface area contributed by atoms with Crippen molar-refractivity contribution in [2.45, 2.75) is 57.4 Å². The van der Waals surface area contributed by atoms with Gasteiger partial charge in [-0.15, -0.1) is 5.10 Å². The van der Waals surface area contributed by atoms with E-state index in [1.54, 1.807) is 6.20 Å². The van der Waals surface area contributed by atoms with E-state index in [1.165, 1.54) is 25.0 Å². The Hall–Kier alpha value is -3.99. The summed E-state index contributed by atoms with van der Waals surface area (Å²) < 4.78 is 7.16. The molecule has 0 spiro atoms. The lowest BCUT2D eigenvalue weighted by Crippen LogP contribution is -2.39. The number of pyridine rings is 1. The molecule has 2 saturated heterocycles. The lowest BCUT2D eigenvalue weighted by Gasteiger charge is -2.31. The normalized spacial score (nSPS) is 18.4. The SMILES string of the molecule is CC1(C)CCCN1c1nc(Nc2cc(C3CC3)[nH]n2)c2cccn2n1.O=CCc1ccc(N2CCOCC2)nc1. The van der Waals surface area contributed by atoms with Gasteiger partial charge in [-0.1, -0.05) is 6.07 Å². The minimum absolute atomic E-state index is 0.0869. The van der Waals surface area contributed by atoms with E-state index in [1.807, 2.05) is 35.0 Å². The summed E-state index contributed by atoms with van der Waals surface area (Å²) in [7, 11) is 0. The van der Waals surface area contributed by atoms with Gasteiger partial charge >= 0.3 is 0 Å². The standard InChI is InChI=1S/C18H23N7.C11H14N2O2/c1-18(2)8-4-9-24(18)17-20-16(14-5-3-10-25(14)23-17)19-15-11-13(21-22-15)12-6-7-12;14-6-3-10-1-2-11(12-9-10)13-4-7-15-8-5-13/h3,5,10-12H,4,6-9H2,1-2H3,(H2,19,20,21,22,23);1-2,6,9H,3-5,7-8H2. The quantitative estimate of drug-likeness (QED) is 0.332. The predicted molar refractivity (Wildman–Crippen MR) is 155 cm³/mol. The van der Waals surface area contributed by atoms with Crippen molar-refractivity contribution in [1.29, 1.82) is 0 Å². The first-order valence-electron chi connectivity index (χ1n) is 14.2. The van der Waals surface area contributed by atoms with Crippen molar-refractivity contribution in [1.82, 2.24) is 29.8 Å². The zero-order valence-electron chi connectivity index (χ0n) is 23.2. The minimum Gasteiger partial charge on any atom is -0.378 e. The lowest BCUT2D eigenvalue weighted by atomic mass is 10.0. The molecular weight excluding hydrogens is 506 g/mol. The molecule has 0 aromatic carbocycles. The molecule has 4 aromatic heterocycles. The number of nitrogens with one attached hydrogen (secondary N) is 2. The van der Waals surface area contributed by atoms with Crippen molar-refractivity contribution < 1.29 is 9.53 Å². The molecular formula is C29H37N9O2. The van der Waals surface area contributed by atoms with Gasteiger partial charge in [0.2, 0.25) is 5.95 Å². The van der Waals surface area contributed by atoms with E-state index in [4.69, 9.17) is 14.8 Å². The zero-order valence-corrected chi connectivity index (χ0v) is 23.2. The van der Waals surface area contributed by atoms with Gasteiger partial charge in [0.05, 0.1) is 13.2 Å². The lowest BCUT2D eigenvalue weighted by molar-refractivity contribution is -0.107. The molecule has 40 heavy (non-hydrogen) atoms. The summed E-state index contributed by atoms with van der Waals surface area (Å²) in [6, 6.07) is 10.0. The van der Waals surface area contributed by atoms with Crippen molar-refractivity contribution >= 4 is 35.2 Å². The number of anilines is 4. The number of carbonyl (C=O) groups is 1. The van der Waals surface area contributed by atoms with Crippen LogP contribution in [0.3, 0.4) is 0 Å². The summed E-state index contributed by atoms with van der Waals surface area (Å²) >= 11 is 0. The van der Waals surface area contributed by atoms with Gasteiger partial charge in [0.25, 0.3) is 0 Å². The largest absolute Gasteiger partial charge is 0.378 e. The first-order valence-corrected chi connectivity index (χ1v) is 14.2. The molecule has 3 fully saturated rings. The average molecular weight is 544 g/mol. The predicted octanol–water partition coefficient (Wildman–Crippen LogP) is 4.11. The van der Waals surface area contributed by atoms with Gasteiger partial charge in [-0.2, -0.15) is 10.1 Å². The van der Waals surface area contributed by atoms with Crippen molar-refractivity contribution in [2.75, 3.05) is 48.0 Å². The third-order valence-electron chi connectivity index (χ3n) is 7.85. The summed E-state index contributed by atoms with van der Waals surface area (Å²) in [6.45, 7) is 8.81.